The highest BCUT2D eigenvalue weighted by Crippen LogP contribution is 2.35. The van der Waals surface area contributed by atoms with Gasteiger partial charge in [-0.25, -0.2) is 4.79 Å². The first-order valence-corrected chi connectivity index (χ1v) is 8.82. The maximum atomic E-state index is 12.8. The molecular weight excluding hydrogens is 316 g/mol. The molecule has 1 atom stereocenters. The molecule has 25 heavy (non-hydrogen) atoms. The van der Waals surface area contributed by atoms with E-state index in [4.69, 9.17) is 0 Å². The minimum absolute atomic E-state index is 0.0812. The fraction of sp³-hybridized carbons (Fsp3) is 0.474. The molecule has 0 saturated carbocycles. The van der Waals surface area contributed by atoms with Crippen molar-refractivity contribution in [1.29, 1.82) is 0 Å². The number of rotatable bonds is 6. The number of aliphatic hydroxyl groups excluding tert-OH is 1. The quantitative estimate of drug-likeness (QED) is 0.846. The summed E-state index contributed by atoms with van der Waals surface area (Å²) in [5.74, 6) is 0. The average molecular weight is 342 g/mol. The number of hydrogen-bond donors (Lipinski definition) is 2. The first-order valence-electron chi connectivity index (χ1n) is 8.82. The minimum Gasteiger partial charge on any atom is -0.396 e. The highest BCUT2D eigenvalue weighted by Gasteiger charge is 2.30. The number of fused-ring (bicyclic) bond motifs is 1. The van der Waals surface area contributed by atoms with E-state index in [2.05, 4.69) is 22.5 Å². The van der Waals surface area contributed by atoms with Gasteiger partial charge in [0.1, 0.15) is 0 Å². The summed E-state index contributed by atoms with van der Waals surface area (Å²) < 4.78 is 1.80. The van der Waals surface area contributed by atoms with Crippen molar-refractivity contribution in [2.75, 3.05) is 13.2 Å². The van der Waals surface area contributed by atoms with Crippen LogP contribution in [0.15, 0.2) is 30.5 Å². The maximum absolute atomic E-state index is 12.8. The lowest BCUT2D eigenvalue weighted by Gasteiger charge is -2.30. The van der Waals surface area contributed by atoms with Crippen LogP contribution in [0, 0.1) is 6.92 Å². The number of aryl methyl sites for hydroxylation is 2. The number of urea groups is 1. The van der Waals surface area contributed by atoms with E-state index in [1.807, 2.05) is 31.0 Å². The molecule has 1 aliphatic carbocycles. The Morgan fingerprint density at radius 2 is 2.24 bits per heavy atom. The maximum Gasteiger partial charge on any atom is 0.318 e. The Morgan fingerprint density at radius 3 is 2.96 bits per heavy atom. The van der Waals surface area contributed by atoms with Crippen molar-refractivity contribution < 1.29 is 9.90 Å². The van der Waals surface area contributed by atoms with Gasteiger partial charge in [0.25, 0.3) is 0 Å². The van der Waals surface area contributed by atoms with Gasteiger partial charge in [-0.3, -0.25) is 4.68 Å². The summed E-state index contributed by atoms with van der Waals surface area (Å²) in [5, 5.41) is 16.4. The standard InChI is InChI=1S/C19H26N4O2/c1-14-16(13-21-22(14)2)12-20-19(25)23(10-5-11-24)18-9-8-15-6-3-4-7-17(15)18/h3-4,6-7,13,18,24H,5,8-12H2,1-2H3,(H,20,25). The normalized spacial score (nSPS) is 15.9. The minimum atomic E-state index is -0.0848. The molecule has 134 valence electrons. The van der Waals surface area contributed by atoms with Crippen LogP contribution in [0.3, 0.4) is 0 Å². The first-order chi connectivity index (χ1) is 12.1. The third-order valence-electron chi connectivity index (χ3n) is 5.06. The molecule has 0 saturated heterocycles. The lowest BCUT2D eigenvalue weighted by molar-refractivity contribution is 0.164. The van der Waals surface area contributed by atoms with E-state index in [-0.39, 0.29) is 18.7 Å². The second-order valence-electron chi connectivity index (χ2n) is 6.56. The molecule has 1 aromatic heterocycles. The summed E-state index contributed by atoms with van der Waals surface area (Å²) in [6.45, 7) is 3.08. The Bertz CT molecular complexity index is 741. The van der Waals surface area contributed by atoms with Crippen LogP contribution < -0.4 is 5.32 Å². The molecule has 0 aliphatic heterocycles. The van der Waals surface area contributed by atoms with E-state index in [0.29, 0.717) is 19.5 Å². The van der Waals surface area contributed by atoms with Gasteiger partial charge < -0.3 is 15.3 Å². The average Bonchev–Trinajstić information content (AvgIpc) is 3.18. The molecule has 2 aromatic rings. The molecule has 2 N–H and O–H groups in total. The zero-order valence-electron chi connectivity index (χ0n) is 14.9. The fourth-order valence-corrected chi connectivity index (χ4v) is 3.49. The summed E-state index contributed by atoms with van der Waals surface area (Å²) in [6, 6.07) is 8.31. The lowest BCUT2D eigenvalue weighted by atomic mass is 10.1. The number of aliphatic hydroxyl groups is 1. The number of carbonyl (C=O) groups is 1. The van der Waals surface area contributed by atoms with Crippen LogP contribution in [0.25, 0.3) is 0 Å². The van der Waals surface area contributed by atoms with Crippen molar-refractivity contribution >= 4 is 6.03 Å². The second-order valence-corrected chi connectivity index (χ2v) is 6.56. The van der Waals surface area contributed by atoms with Crippen LogP contribution in [0.4, 0.5) is 4.79 Å². The number of hydrogen-bond acceptors (Lipinski definition) is 3. The smallest absolute Gasteiger partial charge is 0.318 e. The summed E-state index contributed by atoms with van der Waals surface area (Å²) in [6.07, 6.45) is 4.30. The van der Waals surface area contributed by atoms with Crippen molar-refractivity contribution in [3.05, 3.63) is 52.8 Å². The molecule has 1 aliphatic rings. The van der Waals surface area contributed by atoms with Crippen molar-refractivity contribution in [2.45, 2.75) is 38.8 Å². The zero-order chi connectivity index (χ0) is 17.8. The largest absolute Gasteiger partial charge is 0.396 e. The summed E-state index contributed by atoms with van der Waals surface area (Å²) >= 11 is 0. The van der Waals surface area contributed by atoms with Crippen molar-refractivity contribution in [1.82, 2.24) is 20.0 Å². The molecule has 6 heteroatoms. The SMILES string of the molecule is Cc1c(CNC(=O)N(CCCO)C2CCc3ccccc32)cnn1C. The summed E-state index contributed by atoms with van der Waals surface area (Å²) in [5.41, 5.74) is 4.61. The van der Waals surface area contributed by atoms with Crippen LogP contribution in [-0.4, -0.2) is 39.0 Å². The van der Waals surface area contributed by atoms with E-state index < -0.39 is 0 Å². The predicted octanol–water partition coefficient (Wildman–Crippen LogP) is 2.31. The van der Waals surface area contributed by atoms with Crippen LogP contribution in [-0.2, 0) is 20.0 Å². The van der Waals surface area contributed by atoms with Crippen molar-refractivity contribution in [3.63, 3.8) is 0 Å². The molecular formula is C19H26N4O2. The first kappa shape index (κ1) is 17.5. The monoisotopic (exact) mass is 342 g/mol. The third kappa shape index (κ3) is 3.69. The number of carbonyl (C=O) groups excluding carboxylic acids is 1. The molecule has 3 rings (SSSR count). The van der Waals surface area contributed by atoms with Gasteiger partial charge >= 0.3 is 6.03 Å². The number of amides is 2. The van der Waals surface area contributed by atoms with Gasteiger partial charge in [0, 0.05) is 38.0 Å². The van der Waals surface area contributed by atoms with Crippen LogP contribution in [0.2, 0.25) is 0 Å². The molecule has 1 aromatic carbocycles. The van der Waals surface area contributed by atoms with Gasteiger partial charge in [-0.05, 0) is 37.3 Å². The van der Waals surface area contributed by atoms with E-state index in [9.17, 15) is 9.90 Å². The van der Waals surface area contributed by atoms with Gasteiger partial charge in [-0.2, -0.15) is 5.10 Å². The molecule has 2 amide bonds. The third-order valence-corrected chi connectivity index (χ3v) is 5.06. The van der Waals surface area contributed by atoms with Crippen LogP contribution >= 0.6 is 0 Å². The Hall–Kier alpha value is -2.34. The van der Waals surface area contributed by atoms with Gasteiger partial charge in [-0.15, -0.1) is 0 Å². The van der Waals surface area contributed by atoms with Crippen LogP contribution in [0.5, 0.6) is 0 Å². The molecule has 1 heterocycles. The number of nitrogens with zero attached hydrogens (tertiary/aromatic N) is 3. The number of benzene rings is 1. The van der Waals surface area contributed by atoms with Crippen molar-refractivity contribution in [2.24, 2.45) is 7.05 Å². The van der Waals surface area contributed by atoms with Gasteiger partial charge in [0.2, 0.25) is 0 Å². The Kier molecular flexibility index (Phi) is 5.38. The predicted molar refractivity (Wildman–Crippen MR) is 96.1 cm³/mol. The fourth-order valence-electron chi connectivity index (χ4n) is 3.49. The second kappa shape index (κ2) is 7.70. The Morgan fingerprint density at radius 1 is 1.44 bits per heavy atom. The van der Waals surface area contributed by atoms with E-state index in [1.54, 1.807) is 10.9 Å². The highest BCUT2D eigenvalue weighted by molar-refractivity contribution is 5.75. The van der Waals surface area contributed by atoms with Gasteiger partial charge in [-0.1, -0.05) is 24.3 Å². The zero-order valence-corrected chi connectivity index (χ0v) is 14.9. The molecule has 0 fully saturated rings. The number of nitrogens with one attached hydrogen (secondary N) is 1. The lowest BCUT2D eigenvalue weighted by Crippen LogP contribution is -2.42. The molecule has 1 unspecified atom stereocenters. The highest BCUT2D eigenvalue weighted by atomic mass is 16.3. The summed E-state index contributed by atoms with van der Waals surface area (Å²) in [4.78, 5) is 14.7. The topological polar surface area (TPSA) is 70.4 Å². The molecule has 0 spiro atoms. The number of aromatic nitrogens is 2. The van der Waals surface area contributed by atoms with E-state index in [1.165, 1.54) is 11.1 Å². The Balaban J connectivity index is 1.72. The van der Waals surface area contributed by atoms with Crippen molar-refractivity contribution in [3.8, 4) is 0 Å². The molecule has 0 bridgehead atoms. The van der Waals surface area contributed by atoms with E-state index in [0.717, 1.165) is 24.1 Å². The van der Waals surface area contributed by atoms with Crippen LogP contribution in [0.1, 0.15) is 41.3 Å². The summed E-state index contributed by atoms with van der Waals surface area (Å²) in [7, 11) is 1.89. The molecule has 6 nitrogen and oxygen atoms in total. The molecule has 0 radical (unpaired) electrons. The Labute approximate surface area is 148 Å². The van der Waals surface area contributed by atoms with Gasteiger partial charge in [0.15, 0.2) is 0 Å². The van der Waals surface area contributed by atoms with Gasteiger partial charge in [0.05, 0.1) is 12.2 Å². The van der Waals surface area contributed by atoms with E-state index >= 15 is 0 Å².